The highest BCUT2D eigenvalue weighted by Crippen LogP contribution is 2.34. The molecular formula is C15H23N5O4. The molecule has 0 amide bonds. The van der Waals surface area contributed by atoms with Crippen LogP contribution in [-0.4, -0.2) is 61.3 Å². The first-order valence-corrected chi connectivity index (χ1v) is 8.16. The van der Waals surface area contributed by atoms with E-state index >= 15 is 0 Å². The average molecular weight is 337 g/mol. The van der Waals surface area contributed by atoms with Gasteiger partial charge in [-0.1, -0.05) is 19.8 Å². The Bertz CT molecular complexity index is 679. The highest BCUT2D eigenvalue weighted by atomic mass is 16.6. The number of rotatable bonds is 7. The number of hydrogen-bond acceptors (Lipinski definition) is 8. The van der Waals surface area contributed by atoms with Crippen molar-refractivity contribution in [2.24, 2.45) is 0 Å². The van der Waals surface area contributed by atoms with E-state index in [1.807, 2.05) is 0 Å². The lowest BCUT2D eigenvalue weighted by atomic mass is 10.1. The van der Waals surface area contributed by atoms with Crippen molar-refractivity contribution in [3.05, 3.63) is 12.7 Å². The summed E-state index contributed by atoms with van der Waals surface area (Å²) in [5.41, 5.74) is 6.77. The second-order valence-electron chi connectivity index (χ2n) is 5.86. The first-order valence-electron chi connectivity index (χ1n) is 8.16. The van der Waals surface area contributed by atoms with Crippen molar-refractivity contribution in [1.29, 1.82) is 0 Å². The van der Waals surface area contributed by atoms with Crippen molar-refractivity contribution in [2.75, 3.05) is 18.9 Å². The Kier molecular flexibility index (Phi) is 5.24. The number of nitrogen functional groups attached to an aromatic ring is 1. The van der Waals surface area contributed by atoms with Crippen molar-refractivity contribution in [1.82, 2.24) is 19.5 Å². The number of aromatic nitrogens is 4. The second kappa shape index (κ2) is 7.39. The van der Waals surface area contributed by atoms with E-state index in [1.54, 1.807) is 4.57 Å². The molecule has 9 nitrogen and oxygen atoms in total. The van der Waals surface area contributed by atoms with Crippen LogP contribution in [0.15, 0.2) is 12.7 Å². The fourth-order valence-electron chi connectivity index (χ4n) is 2.90. The fourth-order valence-corrected chi connectivity index (χ4v) is 2.90. The Morgan fingerprint density at radius 1 is 1.33 bits per heavy atom. The van der Waals surface area contributed by atoms with Crippen LogP contribution in [0.1, 0.15) is 32.4 Å². The van der Waals surface area contributed by atoms with Crippen LogP contribution in [0.2, 0.25) is 0 Å². The number of hydrogen-bond donors (Lipinski definition) is 3. The van der Waals surface area contributed by atoms with Gasteiger partial charge in [0, 0.05) is 6.61 Å². The Morgan fingerprint density at radius 3 is 2.92 bits per heavy atom. The molecule has 0 radical (unpaired) electrons. The average Bonchev–Trinajstić information content (AvgIpc) is 3.14. The highest BCUT2D eigenvalue weighted by molar-refractivity contribution is 5.81. The minimum atomic E-state index is -0.932. The zero-order valence-electron chi connectivity index (χ0n) is 13.6. The number of nitrogens with two attached hydrogens (primary N) is 1. The molecule has 4 atom stereocenters. The van der Waals surface area contributed by atoms with Crippen LogP contribution in [0.4, 0.5) is 5.82 Å². The summed E-state index contributed by atoms with van der Waals surface area (Å²) in [5, 5.41) is 19.8. The van der Waals surface area contributed by atoms with E-state index in [0.29, 0.717) is 17.8 Å². The minimum Gasteiger partial charge on any atom is -0.394 e. The fraction of sp³-hybridized carbons (Fsp3) is 0.667. The van der Waals surface area contributed by atoms with E-state index in [1.165, 1.54) is 12.7 Å². The lowest BCUT2D eigenvalue weighted by Crippen LogP contribution is -2.35. The van der Waals surface area contributed by atoms with Crippen LogP contribution in [0, 0.1) is 0 Å². The highest BCUT2D eigenvalue weighted by Gasteiger charge is 2.45. The molecule has 0 spiro atoms. The second-order valence-corrected chi connectivity index (χ2v) is 5.86. The number of anilines is 1. The summed E-state index contributed by atoms with van der Waals surface area (Å²) in [4.78, 5) is 12.3. The molecule has 24 heavy (non-hydrogen) atoms. The molecule has 3 heterocycles. The molecule has 3 rings (SSSR count). The maximum absolute atomic E-state index is 10.4. The predicted molar refractivity (Wildman–Crippen MR) is 86.0 cm³/mol. The van der Waals surface area contributed by atoms with Crippen LogP contribution in [0.5, 0.6) is 0 Å². The third kappa shape index (κ3) is 3.07. The summed E-state index contributed by atoms with van der Waals surface area (Å²) < 4.78 is 13.3. The predicted octanol–water partition coefficient (Wildman–Crippen LogP) is 0.234. The van der Waals surface area contributed by atoms with Crippen molar-refractivity contribution < 1.29 is 19.7 Å². The van der Waals surface area contributed by atoms with Gasteiger partial charge in [-0.2, -0.15) is 0 Å². The molecule has 132 valence electrons. The summed E-state index contributed by atoms with van der Waals surface area (Å²) in [7, 11) is 0. The zero-order chi connectivity index (χ0) is 17.1. The van der Waals surface area contributed by atoms with Gasteiger partial charge in [-0.3, -0.25) is 4.57 Å². The van der Waals surface area contributed by atoms with Gasteiger partial charge in [0.2, 0.25) is 0 Å². The molecule has 1 fully saturated rings. The number of nitrogens with zero attached hydrogens (tertiary/aromatic N) is 4. The van der Waals surface area contributed by atoms with Crippen molar-refractivity contribution in [2.45, 2.75) is 50.7 Å². The van der Waals surface area contributed by atoms with E-state index in [9.17, 15) is 10.2 Å². The van der Waals surface area contributed by atoms with E-state index in [2.05, 4.69) is 21.9 Å². The van der Waals surface area contributed by atoms with E-state index in [0.717, 1.165) is 19.3 Å². The number of imidazole rings is 1. The summed E-state index contributed by atoms with van der Waals surface area (Å²) in [6.07, 6.45) is 3.01. The van der Waals surface area contributed by atoms with E-state index in [-0.39, 0.29) is 12.4 Å². The number of ether oxygens (including phenoxy) is 2. The first kappa shape index (κ1) is 17.0. The molecule has 0 aromatic carbocycles. The topological polar surface area (TPSA) is 129 Å². The monoisotopic (exact) mass is 337 g/mol. The Morgan fingerprint density at radius 2 is 2.17 bits per heavy atom. The molecule has 0 saturated carbocycles. The van der Waals surface area contributed by atoms with Gasteiger partial charge in [0.1, 0.15) is 30.2 Å². The maximum Gasteiger partial charge on any atom is 0.167 e. The standard InChI is InChI=1S/C15H23N5O4/c1-2-3-4-5-23-12-11(22)9(6-21)24-15(12)20-8-19-10-13(16)17-7-18-14(10)20/h7-9,11-12,15,21-22H,2-6H2,1H3,(H2,16,17,18)/t9-,11?,12?,15-/m1/s1. The van der Waals surface area contributed by atoms with Crippen LogP contribution < -0.4 is 5.73 Å². The third-order valence-electron chi connectivity index (χ3n) is 4.21. The third-order valence-corrected chi connectivity index (χ3v) is 4.21. The normalized spacial score (nSPS) is 27.1. The van der Waals surface area contributed by atoms with Gasteiger partial charge in [-0.25, -0.2) is 15.0 Å². The van der Waals surface area contributed by atoms with Crippen LogP contribution in [0.3, 0.4) is 0 Å². The molecule has 2 aromatic rings. The van der Waals surface area contributed by atoms with Gasteiger partial charge >= 0.3 is 0 Å². The van der Waals surface area contributed by atoms with Crippen LogP contribution in [-0.2, 0) is 9.47 Å². The van der Waals surface area contributed by atoms with E-state index < -0.39 is 24.5 Å². The Hall–Kier alpha value is -1.81. The number of unbranched alkanes of at least 4 members (excludes halogenated alkanes) is 2. The van der Waals surface area contributed by atoms with Crippen LogP contribution in [0.25, 0.3) is 11.2 Å². The molecule has 1 aliphatic rings. The van der Waals surface area contributed by atoms with E-state index in [4.69, 9.17) is 15.2 Å². The summed E-state index contributed by atoms with van der Waals surface area (Å²) >= 11 is 0. The molecule has 0 bridgehead atoms. The Labute approximate surface area is 139 Å². The molecule has 2 unspecified atom stereocenters. The summed E-state index contributed by atoms with van der Waals surface area (Å²) in [6.45, 7) is 2.33. The first-order chi connectivity index (χ1) is 11.7. The molecule has 1 saturated heterocycles. The molecule has 9 heteroatoms. The SMILES string of the molecule is CCCCCOC1C(O)[C@@H](CO)O[C@H]1n1cnc2c(N)ncnc21. The Balaban J connectivity index is 1.86. The molecule has 0 aliphatic carbocycles. The minimum absolute atomic E-state index is 0.274. The molecule has 2 aromatic heterocycles. The van der Waals surface area contributed by atoms with Gasteiger partial charge < -0.3 is 25.4 Å². The summed E-state index contributed by atoms with van der Waals surface area (Å²) in [5.74, 6) is 0.274. The lowest BCUT2D eigenvalue weighted by molar-refractivity contribution is -0.0710. The van der Waals surface area contributed by atoms with Crippen molar-refractivity contribution in [3.63, 3.8) is 0 Å². The molecular weight excluding hydrogens is 314 g/mol. The van der Waals surface area contributed by atoms with Crippen LogP contribution >= 0.6 is 0 Å². The lowest BCUT2D eigenvalue weighted by Gasteiger charge is -2.22. The number of aliphatic hydroxyl groups is 2. The van der Waals surface area contributed by atoms with Gasteiger partial charge in [-0.15, -0.1) is 0 Å². The smallest absolute Gasteiger partial charge is 0.167 e. The number of aliphatic hydroxyl groups excluding tert-OH is 2. The largest absolute Gasteiger partial charge is 0.394 e. The molecule has 4 N–H and O–H groups in total. The quantitative estimate of drug-likeness (QED) is 0.613. The van der Waals surface area contributed by atoms with Crippen molar-refractivity contribution in [3.8, 4) is 0 Å². The summed E-state index contributed by atoms with van der Waals surface area (Å²) in [6, 6.07) is 0. The maximum atomic E-state index is 10.4. The van der Waals surface area contributed by atoms with Gasteiger partial charge in [-0.05, 0) is 6.42 Å². The van der Waals surface area contributed by atoms with Crippen molar-refractivity contribution >= 4 is 17.0 Å². The zero-order valence-corrected chi connectivity index (χ0v) is 13.6. The number of fused-ring (bicyclic) bond motifs is 1. The van der Waals surface area contributed by atoms with Gasteiger partial charge in [0.05, 0.1) is 12.9 Å². The van der Waals surface area contributed by atoms with Gasteiger partial charge in [0.25, 0.3) is 0 Å². The molecule has 1 aliphatic heterocycles. The van der Waals surface area contributed by atoms with Gasteiger partial charge in [0.15, 0.2) is 17.7 Å².